The summed E-state index contributed by atoms with van der Waals surface area (Å²) in [5.74, 6) is 1.16. The maximum absolute atomic E-state index is 10.7. The van der Waals surface area contributed by atoms with Gasteiger partial charge in [0.2, 0.25) is 5.91 Å². The summed E-state index contributed by atoms with van der Waals surface area (Å²) in [7, 11) is 0. The average Bonchev–Trinajstić information content (AvgIpc) is 1.84. The molecule has 1 aliphatic carbocycles. The van der Waals surface area contributed by atoms with E-state index >= 15 is 0 Å². The molecule has 3 heteroatoms. The molecule has 0 aromatic heterocycles. The van der Waals surface area contributed by atoms with Crippen molar-refractivity contribution in [3.63, 3.8) is 0 Å². The Bertz CT molecular complexity index is 132. The van der Waals surface area contributed by atoms with E-state index in [0.717, 1.165) is 18.8 Å². The molecule has 2 nitrogen and oxygen atoms in total. The van der Waals surface area contributed by atoms with Crippen LogP contribution in [0.25, 0.3) is 0 Å². The van der Waals surface area contributed by atoms with Crippen LogP contribution in [0.2, 0.25) is 0 Å². The van der Waals surface area contributed by atoms with Gasteiger partial charge in [0.1, 0.15) is 0 Å². The molecule has 58 valence electrons. The van der Waals surface area contributed by atoms with Gasteiger partial charge in [-0.05, 0) is 18.8 Å². The molecule has 1 amide bonds. The van der Waals surface area contributed by atoms with Gasteiger partial charge in [-0.25, -0.2) is 0 Å². The van der Waals surface area contributed by atoms with Gasteiger partial charge in [0.05, 0.1) is 5.75 Å². The summed E-state index contributed by atoms with van der Waals surface area (Å²) in [6.07, 6.45) is 2.28. The van der Waals surface area contributed by atoms with Crippen LogP contribution in [-0.4, -0.2) is 17.7 Å². The molecule has 0 aliphatic heterocycles. The number of rotatable bonds is 2. The highest BCUT2D eigenvalue weighted by Gasteiger charge is 2.25. The largest absolute Gasteiger partial charge is 0.353 e. The van der Waals surface area contributed by atoms with Crippen molar-refractivity contribution in [2.75, 3.05) is 5.75 Å². The second-order valence-electron chi connectivity index (χ2n) is 3.00. The Morgan fingerprint density at radius 3 is 2.70 bits per heavy atom. The average molecular weight is 159 g/mol. The van der Waals surface area contributed by atoms with E-state index in [-0.39, 0.29) is 5.91 Å². The second kappa shape index (κ2) is 3.28. The summed E-state index contributed by atoms with van der Waals surface area (Å²) in [6.45, 7) is 2.20. The van der Waals surface area contributed by atoms with E-state index in [1.165, 1.54) is 0 Å². The lowest BCUT2D eigenvalue weighted by molar-refractivity contribution is -0.120. The monoisotopic (exact) mass is 159 g/mol. The van der Waals surface area contributed by atoms with Crippen LogP contribution in [-0.2, 0) is 4.79 Å². The van der Waals surface area contributed by atoms with Crippen LogP contribution in [0.1, 0.15) is 19.8 Å². The van der Waals surface area contributed by atoms with E-state index in [0.29, 0.717) is 11.8 Å². The van der Waals surface area contributed by atoms with Crippen molar-refractivity contribution in [2.24, 2.45) is 5.92 Å². The standard InChI is InChI=1S/C7H13NOS/c1-5-2-6(3-5)8-7(9)4-10/h5-6,10H,2-4H2,1H3,(H,8,9). The third kappa shape index (κ3) is 1.90. The first-order chi connectivity index (χ1) is 4.72. The Kier molecular flexibility index (Phi) is 2.60. The lowest BCUT2D eigenvalue weighted by atomic mass is 9.82. The fourth-order valence-corrected chi connectivity index (χ4v) is 1.38. The number of thiol groups is 1. The number of hydrogen-bond acceptors (Lipinski definition) is 2. The van der Waals surface area contributed by atoms with E-state index in [4.69, 9.17) is 0 Å². The minimum Gasteiger partial charge on any atom is -0.353 e. The number of carbonyl (C=O) groups is 1. The molecule has 0 heterocycles. The number of carbonyl (C=O) groups excluding carboxylic acids is 1. The molecule has 0 atom stereocenters. The smallest absolute Gasteiger partial charge is 0.229 e. The third-order valence-electron chi connectivity index (χ3n) is 1.88. The Morgan fingerprint density at radius 1 is 1.70 bits per heavy atom. The van der Waals surface area contributed by atoms with Crippen molar-refractivity contribution >= 4 is 18.5 Å². The topological polar surface area (TPSA) is 29.1 Å². The molecule has 1 fully saturated rings. The fourth-order valence-electron chi connectivity index (χ4n) is 1.29. The summed E-state index contributed by atoms with van der Waals surface area (Å²) in [5, 5.41) is 2.88. The van der Waals surface area contributed by atoms with E-state index in [9.17, 15) is 4.79 Å². The van der Waals surface area contributed by atoms with E-state index in [2.05, 4.69) is 24.9 Å². The maximum Gasteiger partial charge on any atom is 0.229 e. The van der Waals surface area contributed by atoms with Gasteiger partial charge in [-0.1, -0.05) is 6.92 Å². The van der Waals surface area contributed by atoms with Crippen LogP contribution >= 0.6 is 12.6 Å². The zero-order valence-corrected chi connectivity index (χ0v) is 7.03. The van der Waals surface area contributed by atoms with Crippen molar-refractivity contribution in [1.82, 2.24) is 5.32 Å². The van der Waals surface area contributed by atoms with Gasteiger partial charge in [-0.3, -0.25) is 4.79 Å². The summed E-state index contributed by atoms with van der Waals surface area (Å²) in [6, 6.07) is 0.439. The van der Waals surface area contributed by atoms with Gasteiger partial charge < -0.3 is 5.32 Å². The second-order valence-corrected chi connectivity index (χ2v) is 3.32. The van der Waals surface area contributed by atoms with Crippen LogP contribution in [0.5, 0.6) is 0 Å². The van der Waals surface area contributed by atoms with Crippen molar-refractivity contribution in [3.8, 4) is 0 Å². The summed E-state index contributed by atoms with van der Waals surface area (Å²) >= 11 is 3.86. The van der Waals surface area contributed by atoms with Gasteiger partial charge in [0.25, 0.3) is 0 Å². The molecule has 0 saturated heterocycles. The highest BCUT2D eigenvalue weighted by atomic mass is 32.1. The Hall–Kier alpha value is -0.180. The number of hydrogen-bond donors (Lipinski definition) is 2. The first-order valence-corrected chi connectivity index (χ1v) is 4.26. The van der Waals surface area contributed by atoms with E-state index in [1.54, 1.807) is 0 Å². The van der Waals surface area contributed by atoms with Crippen molar-refractivity contribution in [2.45, 2.75) is 25.8 Å². The molecule has 0 aromatic rings. The Morgan fingerprint density at radius 2 is 2.30 bits per heavy atom. The van der Waals surface area contributed by atoms with Gasteiger partial charge in [-0.2, -0.15) is 12.6 Å². The van der Waals surface area contributed by atoms with Crippen LogP contribution in [0.4, 0.5) is 0 Å². The molecule has 1 rings (SSSR count). The van der Waals surface area contributed by atoms with Crippen LogP contribution in [0.3, 0.4) is 0 Å². The van der Waals surface area contributed by atoms with Gasteiger partial charge in [-0.15, -0.1) is 0 Å². The molecule has 0 spiro atoms. The molecule has 1 saturated carbocycles. The Labute approximate surface area is 66.8 Å². The normalized spacial score (nSPS) is 31.0. The van der Waals surface area contributed by atoms with Gasteiger partial charge >= 0.3 is 0 Å². The predicted octanol–water partition coefficient (Wildman–Crippen LogP) is 0.831. The summed E-state index contributed by atoms with van der Waals surface area (Å²) in [5.41, 5.74) is 0. The zero-order valence-electron chi connectivity index (χ0n) is 6.13. The highest BCUT2D eigenvalue weighted by Crippen LogP contribution is 2.25. The molecular formula is C7H13NOS. The van der Waals surface area contributed by atoms with Crippen molar-refractivity contribution in [1.29, 1.82) is 0 Å². The van der Waals surface area contributed by atoms with Crippen LogP contribution < -0.4 is 5.32 Å². The SMILES string of the molecule is CC1CC(NC(=O)CS)C1. The Balaban J connectivity index is 2.10. The molecule has 1 aliphatic rings. The van der Waals surface area contributed by atoms with Crippen LogP contribution in [0.15, 0.2) is 0 Å². The van der Waals surface area contributed by atoms with Gasteiger partial charge in [0.15, 0.2) is 0 Å². The minimum atomic E-state index is 0.0558. The number of amides is 1. The summed E-state index contributed by atoms with van der Waals surface area (Å²) < 4.78 is 0. The highest BCUT2D eigenvalue weighted by molar-refractivity contribution is 7.81. The first kappa shape index (κ1) is 7.92. The first-order valence-electron chi connectivity index (χ1n) is 3.62. The van der Waals surface area contributed by atoms with E-state index < -0.39 is 0 Å². The molecule has 1 N–H and O–H groups in total. The van der Waals surface area contributed by atoms with Crippen molar-refractivity contribution < 1.29 is 4.79 Å². The molecule has 0 unspecified atom stereocenters. The quantitative estimate of drug-likeness (QED) is 0.574. The predicted molar refractivity (Wildman–Crippen MR) is 44.2 cm³/mol. The van der Waals surface area contributed by atoms with E-state index in [1.807, 2.05) is 0 Å². The van der Waals surface area contributed by atoms with Crippen LogP contribution in [0, 0.1) is 5.92 Å². The lowest BCUT2D eigenvalue weighted by Crippen LogP contribution is -2.43. The lowest BCUT2D eigenvalue weighted by Gasteiger charge is -2.33. The molecular weight excluding hydrogens is 146 g/mol. The maximum atomic E-state index is 10.7. The van der Waals surface area contributed by atoms with Gasteiger partial charge in [0, 0.05) is 6.04 Å². The zero-order chi connectivity index (χ0) is 7.56. The molecule has 0 radical (unpaired) electrons. The molecule has 10 heavy (non-hydrogen) atoms. The fraction of sp³-hybridized carbons (Fsp3) is 0.857. The summed E-state index contributed by atoms with van der Waals surface area (Å²) in [4.78, 5) is 10.7. The van der Waals surface area contributed by atoms with Crippen molar-refractivity contribution in [3.05, 3.63) is 0 Å². The third-order valence-corrected chi connectivity index (χ3v) is 2.17. The number of nitrogens with one attached hydrogen (secondary N) is 1. The molecule has 0 bridgehead atoms. The molecule has 0 aromatic carbocycles. The minimum absolute atomic E-state index is 0.0558.